The molecule has 2 aromatic heterocycles. The first-order chi connectivity index (χ1) is 7.40. The van der Waals surface area contributed by atoms with Crippen LogP contribution in [0, 0.1) is 11.3 Å². The first kappa shape index (κ1) is 8.45. The van der Waals surface area contributed by atoms with Crippen molar-refractivity contribution in [1.29, 1.82) is 5.26 Å². The highest BCUT2D eigenvalue weighted by molar-refractivity contribution is 5.58. The molecule has 0 aromatic carbocycles. The van der Waals surface area contributed by atoms with E-state index in [4.69, 9.17) is 5.26 Å². The summed E-state index contributed by atoms with van der Waals surface area (Å²) in [6, 6.07) is 7.97. The SMILES string of the molecule is N#Cc1nc(C2CNC2)n2ccccc12. The summed E-state index contributed by atoms with van der Waals surface area (Å²) in [5.41, 5.74) is 1.43. The van der Waals surface area contributed by atoms with Gasteiger partial charge in [0.1, 0.15) is 11.9 Å². The molecule has 3 heterocycles. The van der Waals surface area contributed by atoms with Crippen LogP contribution >= 0.6 is 0 Å². The van der Waals surface area contributed by atoms with Gasteiger partial charge in [-0.3, -0.25) is 0 Å². The topological polar surface area (TPSA) is 53.1 Å². The van der Waals surface area contributed by atoms with Gasteiger partial charge in [0.15, 0.2) is 5.69 Å². The number of hydrogen-bond donors (Lipinski definition) is 1. The van der Waals surface area contributed by atoms with Gasteiger partial charge in [-0.2, -0.15) is 5.26 Å². The second-order valence-electron chi connectivity index (χ2n) is 3.74. The van der Waals surface area contributed by atoms with E-state index in [2.05, 4.69) is 16.4 Å². The Morgan fingerprint density at radius 2 is 2.33 bits per heavy atom. The minimum Gasteiger partial charge on any atom is -0.315 e. The molecule has 74 valence electrons. The quantitative estimate of drug-likeness (QED) is 0.740. The molecule has 0 aliphatic carbocycles. The van der Waals surface area contributed by atoms with Gasteiger partial charge in [0.25, 0.3) is 0 Å². The zero-order chi connectivity index (χ0) is 10.3. The first-order valence-electron chi connectivity index (χ1n) is 4.98. The maximum absolute atomic E-state index is 8.98. The van der Waals surface area contributed by atoms with Crippen LogP contribution in [0.15, 0.2) is 24.4 Å². The van der Waals surface area contributed by atoms with Crippen LogP contribution in [0.4, 0.5) is 0 Å². The Hall–Kier alpha value is -1.86. The predicted molar refractivity (Wildman–Crippen MR) is 55.5 cm³/mol. The number of hydrogen-bond acceptors (Lipinski definition) is 3. The molecular weight excluding hydrogens is 188 g/mol. The molecule has 0 atom stereocenters. The number of imidazole rings is 1. The maximum atomic E-state index is 8.98. The van der Waals surface area contributed by atoms with E-state index in [-0.39, 0.29) is 0 Å². The summed E-state index contributed by atoms with van der Waals surface area (Å²) in [6.07, 6.45) is 1.97. The van der Waals surface area contributed by atoms with E-state index in [0.717, 1.165) is 24.4 Å². The van der Waals surface area contributed by atoms with Crippen LogP contribution in [0.2, 0.25) is 0 Å². The number of nitrogens with zero attached hydrogens (tertiary/aromatic N) is 3. The standard InChI is InChI=1S/C11H10N4/c12-5-9-10-3-1-2-4-15(10)11(14-9)8-6-13-7-8/h1-4,8,13H,6-7H2. The Kier molecular flexibility index (Phi) is 1.73. The van der Waals surface area contributed by atoms with Gasteiger partial charge in [-0.15, -0.1) is 0 Å². The van der Waals surface area contributed by atoms with Crippen LogP contribution in [0.5, 0.6) is 0 Å². The van der Waals surface area contributed by atoms with Crippen LogP contribution in [0.25, 0.3) is 5.52 Å². The smallest absolute Gasteiger partial charge is 0.166 e. The number of nitrogens with one attached hydrogen (secondary N) is 1. The number of rotatable bonds is 1. The van der Waals surface area contributed by atoms with Crippen molar-refractivity contribution in [3.63, 3.8) is 0 Å². The zero-order valence-electron chi connectivity index (χ0n) is 8.14. The third-order valence-corrected chi connectivity index (χ3v) is 2.83. The fourth-order valence-electron chi connectivity index (χ4n) is 1.90. The largest absolute Gasteiger partial charge is 0.315 e. The van der Waals surface area contributed by atoms with Crippen molar-refractivity contribution in [2.75, 3.05) is 13.1 Å². The number of pyridine rings is 1. The first-order valence-corrected chi connectivity index (χ1v) is 4.98. The minimum atomic E-state index is 0.446. The molecule has 1 N–H and O–H groups in total. The highest BCUT2D eigenvalue weighted by atomic mass is 15.1. The lowest BCUT2D eigenvalue weighted by atomic mass is 10.0. The Balaban J connectivity index is 2.26. The average Bonchev–Trinajstić information content (AvgIpc) is 2.55. The van der Waals surface area contributed by atoms with Crippen molar-refractivity contribution >= 4 is 5.52 Å². The molecule has 1 aliphatic rings. The van der Waals surface area contributed by atoms with Gasteiger partial charge in [0.05, 0.1) is 5.52 Å². The maximum Gasteiger partial charge on any atom is 0.166 e. The molecule has 1 fully saturated rings. The number of aromatic nitrogens is 2. The molecule has 0 radical (unpaired) electrons. The molecule has 3 rings (SSSR count). The molecule has 0 saturated carbocycles. The second-order valence-corrected chi connectivity index (χ2v) is 3.74. The molecule has 1 saturated heterocycles. The summed E-state index contributed by atoms with van der Waals surface area (Å²) in [4.78, 5) is 4.39. The predicted octanol–water partition coefficient (Wildman–Crippen LogP) is 0.893. The Morgan fingerprint density at radius 1 is 1.47 bits per heavy atom. The highest BCUT2D eigenvalue weighted by Crippen LogP contribution is 2.22. The third kappa shape index (κ3) is 1.14. The molecule has 4 heteroatoms. The van der Waals surface area contributed by atoms with Gasteiger partial charge in [0.2, 0.25) is 0 Å². The van der Waals surface area contributed by atoms with E-state index >= 15 is 0 Å². The molecule has 1 aliphatic heterocycles. The van der Waals surface area contributed by atoms with E-state index in [1.165, 1.54) is 0 Å². The number of nitriles is 1. The lowest BCUT2D eigenvalue weighted by Crippen LogP contribution is -2.40. The summed E-state index contributed by atoms with van der Waals surface area (Å²) in [5, 5.41) is 12.2. The molecule has 0 unspecified atom stereocenters. The van der Waals surface area contributed by atoms with Crippen molar-refractivity contribution < 1.29 is 0 Å². The Morgan fingerprint density at radius 3 is 3.00 bits per heavy atom. The van der Waals surface area contributed by atoms with E-state index in [1.807, 2.05) is 28.8 Å². The molecule has 0 amide bonds. The van der Waals surface area contributed by atoms with E-state index in [9.17, 15) is 0 Å². The summed E-state index contributed by atoms with van der Waals surface area (Å²) < 4.78 is 2.02. The highest BCUT2D eigenvalue weighted by Gasteiger charge is 2.24. The van der Waals surface area contributed by atoms with Crippen molar-refractivity contribution in [3.05, 3.63) is 35.9 Å². The number of fused-ring (bicyclic) bond motifs is 1. The second kappa shape index (κ2) is 3.07. The summed E-state index contributed by atoms with van der Waals surface area (Å²) in [6.45, 7) is 1.91. The Bertz CT molecular complexity index is 545. The van der Waals surface area contributed by atoms with E-state index < -0.39 is 0 Å². The van der Waals surface area contributed by atoms with Gasteiger partial charge in [0, 0.05) is 25.2 Å². The van der Waals surface area contributed by atoms with Gasteiger partial charge in [-0.05, 0) is 12.1 Å². The molecule has 0 spiro atoms. The monoisotopic (exact) mass is 198 g/mol. The zero-order valence-corrected chi connectivity index (χ0v) is 8.14. The van der Waals surface area contributed by atoms with E-state index in [0.29, 0.717) is 11.6 Å². The van der Waals surface area contributed by atoms with Crippen LogP contribution in [0.3, 0.4) is 0 Å². The molecule has 4 nitrogen and oxygen atoms in total. The molecule has 0 bridgehead atoms. The normalized spacial score (nSPS) is 16.2. The van der Waals surface area contributed by atoms with Crippen molar-refractivity contribution in [2.45, 2.75) is 5.92 Å². The lowest BCUT2D eigenvalue weighted by molar-refractivity contribution is 0.429. The van der Waals surface area contributed by atoms with Crippen LogP contribution < -0.4 is 5.32 Å². The van der Waals surface area contributed by atoms with Crippen molar-refractivity contribution in [3.8, 4) is 6.07 Å². The average molecular weight is 198 g/mol. The van der Waals surface area contributed by atoms with Gasteiger partial charge in [-0.1, -0.05) is 6.07 Å². The van der Waals surface area contributed by atoms with Crippen molar-refractivity contribution in [1.82, 2.24) is 14.7 Å². The molecule has 15 heavy (non-hydrogen) atoms. The van der Waals surface area contributed by atoms with Crippen molar-refractivity contribution in [2.24, 2.45) is 0 Å². The lowest BCUT2D eigenvalue weighted by Gasteiger charge is -2.25. The third-order valence-electron chi connectivity index (χ3n) is 2.83. The minimum absolute atomic E-state index is 0.446. The summed E-state index contributed by atoms with van der Waals surface area (Å²) in [7, 11) is 0. The summed E-state index contributed by atoms with van der Waals surface area (Å²) >= 11 is 0. The Labute approximate surface area is 87.2 Å². The van der Waals surface area contributed by atoms with Gasteiger partial charge in [-0.25, -0.2) is 4.98 Å². The fraction of sp³-hybridized carbons (Fsp3) is 0.273. The summed E-state index contributed by atoms with van der Waals surface area (Å²) in [5.74, 6) is 1.45. The van der Waals surface area contributed by atoms with E-state index in [1.54, 1.807) is 0 Å². The van der Waals surface area contributed by atoms with Crippen LogP contribution in [-0.2, 0) is 0 Å². The van der Waals surface area contributed by atoms with Gasteiger partial charge >= 0.3 is 0 Å². The van der Waals surface area contributed by atoms with Crippen LogP contribution in [-0.4, -0.2) is 22.5 Å². The molecular formula is C11H10N4. The fourth-order valence-corrected chi connectivity index (χ4v) is 1.90. The van der Waals surface area contributed by atoms with Crippen LogP contribution in [0.1, 0.15) is 17.4 Å². The van der Waals surface area contributed by atoms with Gasteiger partial charge < -0.3 is 9.72 Å². The molecule has 2 aromatic rings.